The Morgan fingerprint density at radius 2 is 1.79 bits per heavy atom. The molecule has 2 fully saturated rings. The molecule has 4 rings (SSSR count). The Morgan fingerprint density at radius 3 is 2.48 bits per heavy atom. The molecule has 2 aliphatic heterocycles. The van der Waals surface area contributed by atoms with Crippen molar-refractivity contribution in [1.29, 1.82) is 0 Å². The SMILES string of the molecule is CC(=O)N1C=Cc2ccccc2[C@H]1CC(=O)N1CCN(CC(=O)NC2CC2)CC1. The number of nitrogens with zero attached hydrogens (tertiary/aromatic N) is 3. The Balaban J connectivity index is 1.34. The maximum absolute atomic E-state index is 13.0. The molecule has 1 aromatic carbocycles. The van der Waals surface area contributed by atoms with Crippen molar-refractivity contribution in [3.8, 4) is 0 Å². The van der Waals surface area contributed by atoms with Gasteiger partial charge in [0.1, 0.15) is 0 Å². The molecule has 0 spiro atoms. The molecular weight excluding hydrogens is 368 g/mol. The summed E-state index contributed by atoms with van der Waals surface area (Å²) in [7, 11) is 0. The number of hydrogen-bond donors (Lipinski definition) is 1. The highest BCUT2D eigenvalue weighted by atomic mass is 16.2. The molecule has 7 nitrogen and oxygen atoms in total. The van der Waals surface area contributed by atoms with Crippen LogP contribution < -0.4 is 5.32 Å². The smallest absolute Gasteiger partial charge is 0.234 e. The minimum Gasteiger partial charge on any atom is -0.352 e. The average Bonchev–Trinajstić information content (AvgIpc) is 3.52. The zero-order valence-corrected chi connectivity index (χ0v) is 16.8. The minimum atomic E-state index is -0.274. The fourth-order valence-corrected chi connectivity index (χ4v) is 4.07. The van der Waals surface area contributed by atoms with Crippen LogP contribution in [-0.4, -0.2) is 71.2 Å². The molecule has 1 saturated carbocycles. The standard InChI is InChI=1S/C22H28N4O3/c1-16(27)26-9-8-17-4-2-3-5-19(17)20(26)14-22(29)25-12-10-24(11-13-25)15-21(28)23-18-6-7-18/h2-5,8-9,18,20H,6-7,10-15H2,1H3,(H,23,28)/t20-/m1/s1. The van der Waals surface area contributed by atoms with E-state index >= 15 is 0 Å². The second-order valence-electron chi connectivity index (χ2n) is 8.09. The summed E-state index contributed by atoms with van der Waals surface area (Å²) in [6, 6.07) is 8.00. The molecule has 7 heteroatoms. The van der Waals surface area contributed by atoms with E-state index in [4.69, 9.17) is 0 Å². The molecule has 29 heavy (non-hydrogen) atoms. The third kappa shape index (κ3) is 4.67. The number of rotatable bonds is 5. The van der Waals surface area contributed by atoms with E-state index in [-0.39, 0.29) is 30.2 Å². The van der Waals surface area contributed by atoms with Crippen LogP contribution in [0.1, 0.15) is 43.4 Å². The van der Waals surface area contributed by atoms with Gasteiger partial charge < -0.3 is 15.1 Å². The van der Waals surface area contributed by atoms with Crippen molar-refractivity contribution >= 4 is 23.8 Å². The number of benzene rings is 1. The second kappa shape index (κ2) is 8.37. The summed E-state index contributed by atoms with van der Waals surface area (Å²) in [5.74, 6) is 0.0588. The van der Waals surface area contributed by atoms with Gasteiger partial charge in [-0.3, -0.25) is 19.3 Å². The van der Waals surface area contributed by atoms with Crippen molar-refractivity contribution < 1.29 is 14.4 Å². The first-order chi connectivity index (χ1) is 14.0. The zero-order chi connectivity index (χ0) is 20.4. The van der Waals surface area contributed by atoms with Crippen molar-refractivity contribution in [3.63, 3.8) is 0 Å². The fourth-order valence-electron chi connectivity index (χ4n) is 4.07. The number of amides is 3. The fraction of sp³-hybridized carbons (Fsp3) is 0.500. The first-order valence-corrected chi connectivity index (χ1v) is 10.4. The lowest BCUT2D eigenvalue weighted by atomic mass is 9.93. The third-order valence-corrected chi connectivity index (χ3v) is 5.87. The molecule has 0 unspecified atom stereocenters. The maximum atomic E-state index is 13.0. The van der Waals surface area contributed by atoms with E-state index in [1.165, 1.54) is 6.92 Å². The van der Waals surface area contributed by atoms with E-state index < -0.39 is 0 Å². The first-order valence-electron chi connectivity index (χ1n) is 10.4. The summed E-state index contributed by atoms with van der Waals surface area (Å²) in [6.07, 6.45) is 6.14. The third-order valence-electron chi connectivity index (χ3n) is 5.87. The van der Waals surface area contributed by atoms with Gasteiger partial charge in [0.25, 0.3) is 0 Å². The summed E-state index contributed by atoms with van der Waals surface area (Å²) >= 11 is 0. The van der Waals surface area contributed by atoms with Gasteiger partial charge in [-0.2, -0.15) is 0 Å². The highest BCUT2D eigenvalue weighted by Gasteiger charge is 2.31. The van der Waals surface area contributed by atoms with Gasteiger partial charge in [-0.1, -0.05) is 24.3 Å². The van der Waals surface area contributed by atoms with Crippen LogP contribution in [0.5, 0.6) is 0 Å². The zero-order valence-electron chi connectivity index (χ0n) is 16.8. The Labute approximate surface area is 171 Å². The van der Waals surface area contributed by atoms with Crippen LogP contribution in [0.2, 0.25) is 0 Å². The van der Waals surface area contributed by atoms with Gasteiger partial charge in [-0.15, -0.1) is 0 Å². The molecule has 0 bridgehead atoms. The van der Waals surface area contributed by atoms with Crippen LogP contribution in [0.25, 0.3) is 6.08 Å². The van der Waals surface area contributed by atoms with Crippen molar-refractivity contribution in [2.75, 3.05) is 32.7 Å². The predicted molar refractivity (Wildman–Crippen MR) is 110 cm³/mol. The monoisotopic (exact) mass is 396 g/mol. The lowest BCUT2D eigenvalue weighted by molar-refractivity contribution is -0.136. The largest absolute Gasteiger partial charge is 0.352 e. The van der Waals surface area contributed by atoms with Gasteiger partial charge >= 0.3 is 0 Å². The number of piperazine rings is 1. The van der Waals surface area contributed by atoms with Crippen molar-refractivity contribution in [2.45, 2.75) is 38.3 Å². The maximum Gasteiger partial charge on any atom is 0.234 e. The molecule has 1 N–H and O–H groups in total. The number of carbonyl (C=O) groups is 3. The lowest BCUT2D eigenvalue weighted by Gasteiger charge is -2.37. The van der Waals surface area contributed by atoms with E-state index in [1.54, 1.807) is 11.1 Å². The number of hydrogen-bond acceptors (Lipinski definition) is 4. The summed E-state index contributed by atoms with van der Waals surface area (Å²) < 4.78 is 0. The Morgan fingerprint density at radius 1 is 1.07 bits per heavy atom. The van der Waals surface area contributed by atoms with E-state index in [0.717, 1.165) is 24.0 Å². The second-order valence-corrected chi connectivity index (χ2v) is 8.09. The van der Waals surface area contributed by atoms with Crippen LogP contribution in [0.15, 0.2) is 30.5 Å². The average molecular weight is 396 g/mol. The molecule has 1 aliphatic carbocycles. The predicted octanol–water partition coefficient (Wildman–Crippen LogP) is 1.37. The van der Waals surface area contributed by atoms with Crippen molar-refractivity contribution in [2.24, 2.45) is 0 Å². The van der Waals surface area contributed by atoms with E-state index in [2.05, 4.69) is 10.2 Å². The van der Waals surface area contributed by atoms with Crippen LogP contribution in [0.3, 0.4) is 0 Å². The topological polar surface area (TPSA) is 73.0 Å². The molecule has 0 aromatic heterocycles. The quantitative estimate of drug-likeness (QED) is 0.816. The van der Waals surface area contributed by atoms with Crippen LogP contribution in [-0.2, 0) is 14.4 Å². The summed E-state index contributed by atoms with van der Waals surface area (Å²) in [6.45, 7) is 4.54. The normalized spacial score (nSPS) is 21.6. The molecule has 3 aliphatic rings. The van der Waals surface area contributed by atoms with E-state index in [1.807, 2.05) is 35.2 Å². The van der Waals surface area contributed by atoms with Gasteiger partial charge in [0, 0.05) is 45.3 Å². The van der Waals surface area contributed by atoms with Crippen molar-refractivity contribution in [1.82, 2.24) is 20.0 Å². The Hall–Kier alpha value is -2.67. The molecule has 1 atom stereocenters. The minimum absolute atomic E-state index is 0.0495. The van der Waals surface area contributed by atoms with E-state index in [0.29, 0.717) is 38.8 Å². The highest BCUT2D eigenvalue weighted by Crippen LogP contribution is 2.33. The molecule has 0 radical (unpaired) electrons. The summed E-state index contributed by atoms with van der Waals surface area (Å²) in [5.41, 5.74) is 2.06. The van der Waals surface area contributed by atoms with E-state index in [9.17, 15) is 14.4 Å². The molecule has 1 saturated heterocycles. The molecule has 2 heterocycles. The number of nitrogens with one attached hydrogen (secondary N) is 1. The molecule has 154 valence electrons. The molecule has 3 amide bonds. The highest BCUT2D eigenvalue weighted by molar-refractivity contribution is 5.82. The number of fused-ring (bicyclic) bond motifs is 1. The lowest BCUT2D eigenvalue weighted by Crippen LogP contribution is -2.51. The first kappa shape index (κ1) is 19.6. The van der Waals surface area contributed by atoms with Crippen LogP contribution in [0.4, 0.5) is 0 Å². The van der Waals surface area contributed by atoms with Gasteiger partial charge in [0.2, 0.25) is 17.7 Å². The van der Waals surface area contributed by atoms with Crippen molar-refractivity contribution in [3.05, 3.63) is 41.6 Å². The van der Waals surface area contributed by atoms with Gasteiger partial charge in [0.15, 0.2) is 0 Å². The van der Waals surface area contributed by atoms with Crippen LogP contribution >= 0.6 is 0 Å². The Kier molecular flexibility index (Phi) is 5.67. The van der Waals surface area contributed by atoms with Crippen LogP contribution in [0, 0.1) is 0 Å². The molecule has 1 aromatic rings. The molecular formula is C22H28N4O3. The van der Waals surface area contributed by atoms with Gasteiger partial charge in [0.05, 0.1) is 19.0 Å². The number of carbonyl (C=O) groups excluding carboxylic acids is 3. The Bertz CT molecular complexity index is 825. The van der Waals surface area contributed by atoms with Gasteiger partial charge in [-0.25, -0.2) is 0 Å². The summed E-state index contributed by atoms with van der Waals surface area (Å²) in [4.78, 5) is 42.7. The van der Waals surface area contributed by atoms with Gasteiger partial charge in [-0.05, 0) is 30.0 Å². The summed E-state index contributed by atoms with van der Waals surface area (Å²) in [5, 5.41) is 3.01.